The molecule has 0 aromatic rings. The van der Waals surface area contributed by atoms with Crippen molar-refractivity contribution in [3.63, 3.8) is 0 Å². The summed E-state index contributed by atoms with van der Waals surface area (Å²) in [7, 11) is 0. The third kappa shape index (κ3) is 2.72. The lowest BCUT2D eigenvalue weighted by Gasteiger charge is -2.27. The molecule has 0 saturated heterocycles. The van der Waals surface area contributed by atoms with Crippen LogP contribution in [0.5, 0.6) is 0 Å². The molecule has 1 saturated carbocycles. The minimum absolute atomic E-state index is 0.244. The Labute approximate surface area is 83.9 Å². The lowest BCUT2D eigenvalue weighted by atomic mass is 10.2. The van der Waals surface area contributed by atoms with Gasteiger partial charge in [-0.1, -0.05) is 12.8 Å². The van der Waals surface area contributed by atoms with Crippen molar-refractivity contribution in [1.29, 1.82) is 0 Å². The van der Waals surface area contributed by atoms with Gasteiger partial charge in [-0.25, -0.2) is 0 Å². The molecule has 0 radical (unpaired) electrons. The molecule has 1 rings (SSSR count). The van der Waals surface area contributed by atoms with Gasteiger partial charge < -0.3 is 10.0 Å². The van der Waals surface area contributed by atoms with Gasteiger partial charge in [-0.15, -0.1) is 0 Å². The van der Waals surface area contributed by atoms with E-state index in [-0.39, 0.29) is 18.4 Å². The van der Waals surface area contributed by atoms with E-state index in [9.17, 15) is 9.59 Å². The zero-order valence-electron chi connectivity index (χ0n) is 8.53. The van der Waals surface area contributed by atoms with Crippen LogP contribution in [-0.4, -0.2) is 34.5 Å². The largest absolute Gasteiger partial charge is 0.481 e. The quantitative estimate of drug-likeness (QED) is 0.693. The molecule has 1 N–H and O–H groups in total. The summed E-state index contributed by atoms with van der Waals surface area (Å²) >= 11 is 0. The molecule has 1 fully saturated rings. The first-order valence-corrected chi connectivity index (χ1v) is 5.16. The monoisotopic (exact) mass is 199 g/mol. The summed E-state index contributed by atoms with van der Waals surface area (Å²) in [5.41, 5.74) is 0. The Morgan fingerprint density at radius 1 is 1.36 bits per heavy atom. The average Bonchev–Trinajstić information content (AvgIpc) is 2.57. The summed E-state index contributed by atoms with van der Waals surface area (Å²) in [5.74, 6) is -1.28. The molecule has 4 heteroatoms. The molecular weight excluding hydrogens is 182 g/mol. The van der Waals surface area contributed by atoms with E-state index in [0.29, 0.717) is 6.54 Å². The molecule has 80 valence electrons. The van der Waals surface area contributed by atoms with Crippen molar-refractivity contribution in [2.45, 2.75) is 45.1 Å². The van der Waals surface area contributed by atoms with Crippen LogP contribution in [0.15, 0.2) is 0 Å². The van der Waals surface area contributed by atoms with Crippen molar-refractivity contribution in [2.24, 2.45) is 0 Å². The molecule has 0 spiro atoms. The number of carboxylic acids is 1. The number of carbonyl (C=O) groups excluding carboxylic acids is 1. The first kappa shape index (κ1) is 11.0. The first-order chi connectivity index (χ1) is 6.65. The predicted molar refractivity (Wildman–Crippen MR) is 51.9 cm³/mol. The fourth-order valence-corrected chi connectivity index (χ4v) is 2.09. The van der Waals surface area contributed by atoms with Gasteiger partial charge in [-0.2, -0.15) is 0 Å². The zero-order chi connectivity index (χ0) is 10.6. The Morgan fingerprint density at radius 2 is 1.93 bits per heavy atom. The van der Waals surface area contributed by atoms with Crippen LogP contribution in [0.1, 0.15) is 39.0 Å². The fraction of sp³-hybridized carbons (Fsp3) is 0.800. The lowest BCUT2D eigenvalue weighted by Crippen LogP contribution is -2.39. The van der Waals surface area contributed by atoms with Crippen LogP contribution in [0.25, 0.3) is 0 Å². The van der Waals surface area contributed by atoms with Crippen molar-refractivity contribution in [3.8, 4) is 0 Å². The Hall–Kier alpha value is -1.06. The van der Waals surface area contributed by atoms with Gasteiger partial charge in [-0.3, -0.25) is 9.59 Å². The van der Waals surface area contributed by atoms with E-state index >= 15 is 0 Å². The van der Waals surface area contributed by atoms with Crippen LogP contribution in [0.2, 0.25) is 0 Å². The smallest absolute Gasteiger partial charge is 0.312 e. The second-order valence-electron chi connectivity index (χ2n) is 3.69. The van der Waals surface area contributed by atoms with Gasteiger partial charge in [0.2, 0.25) is 5.91 Å². The van der Waals surface area contributed by atoms with Crippen LogP contribution in [0.4, 0.5) is 0 Å². The highest BCUT2D eigenvalue weighted by Crippen LogP contribution is 2.23. The van der Waals surface area contributed by atoms with E-state index in [0.717, 1.165) is 25.7 Å². The number of amides is 1. The summed E-state index contributed by atoms with van der Waals surface area (Å²) in [4.78, 5) is 23.6. The summed E-state index contributed by atoms with van der Waals surface area (Å²) < 4.78 is 0. The second-order valence-corrected chi connectivity index (χ2v) is 3.69. The van der Waals surface area contributed by atoms with E-state index in [1.54, 1.807) is 4.90 Å². The standard InChI is InChI=1S/C10H17NO3/c1-2-11(8-5-3-4-6-8)9(12)7-10(13)14/h8H,2-7H2,1H3,(H,13,14). The highest BCUT2D eigenvalue weighted by Gasteiger charge is 2.26. The van der Waals surface area contributed by atoms with Gasteiger partial charge in [0.25, 0.3) is 0 Å². The van der Waals surface area contributed by atoms with Crippen molar-refractivity contribution in [1.82, 2.24) is 4.90 Å². The number of aliphatic carboxylic acids is 1. The highest BCUT2D eigenvalue weighted by atomic mass is 16.4. The topological polar surface area (TPSA) is 57.6 Å². The molecule has 0 unspecified atom stereocenters. The van der Waals surface area contributed by atoms with E-state index in [2.05, 4.69) is 0 Å². The lowest BCUT2D eigenvalue weighted by molar-refractivity contribution is -0.145. The number of hydrogen-bond acceptors (Lipinski definition) is 2. The summed E-state index contributed by atoms with van der Waals surface area (Å²) in [6, 6.07) is 0.284. The molecule has 1 aliphatic rings. The molecule has 1 amide bonds. The van der Waals surface area contributed by atoms with Gasteiger partial charge in [0.1, 0.15) is 6.42 Å². The maximum absolute atomic E-state index is 11.5. The Kier molecular flexibility index (Phi) is 3.92. The third-order valence-corrected chi connectivity index (χ3v) is 2.73. The van der Waals surface area contributed by atoms with Crippen molar-refractivity contribution in [2.75, 3.05) is 6.54 Å². The van der Waals surface area contributed by atoms with E-state index in [1.165, 1.54) is 0 Å². The molecule has 1 aliphatic carbocycles. The maximum Gasteiger partial charge on any atom is 0.312 e. The van der Waals surface area contributed by atoms with Gasteiger partial charge in [0.05, 0.1) is 0 Å². The highest BCUT2D eigenvalue weighted by molar-refractivity contribution is 5.93. The molecule has 14 heavy (non-hydrogen) atoms. The fourth-order valence-electron chi connectivity index (χ4n) is 2.09. The van der Waals surface area contributed by atoms with E-state index in [1.807, 2.05) is 6.92 Å². The molecular formula is C10H17NO3. The number of hydrogen-bond donors (Lipinski definition) is 1. The van der Waals surface area contributed by atoms with Crippen LogP contribution >= 0.6 is 0 Å². The zero-order valence-corrected chi connectivity index (χ0v) is 8.53. The second kappa shape index (κ2) is 4.98. The Morgan fingerprint density at radius 3 is 2.36 bits per heavy atom. The van der Waals surface area contributed by atoms with Gasteiger partial charge in [-0.05, 0) is 19.8 Å². The number of carboxylic acid groups (broad SMARTS) is 1. The van der Waals surface area contributed by atoms with Crippen LogP contribution in [-0.2, 0) is 9.59 Å². The van der Waals surface area contributed by atoms with E-state index in [4.69, 9.17) is 5.11 Å². The Bertz CT molecular complexity index is 221. The van der Waals surface area contributed by atoms with Crippen molar-refractivity contribution >= 4 is 11.9 Å². The van der Waals surface area contributed by atoms with Crippen LogP contribution < -0.4 is 0 Å². The van der Waals surface area contributed by atoms with Gasteiger partial charge in [0, 0.05) is 12.6 Å². The van der Waals surface area contributed by atoms with Gasteiger partial charge >= 0.3 is 5.97 Å². The molecule has 0 bridgehead atoms. The number of nitrogens with zero attached hydrogens (tertiary/aromatic N) is 1. The Balaban J connectivity index is 2.51. The summed E-state index contributed by atoms with van der Waals surface area (Å²) in [6.07, 6.45) is 3.99. The molecule has 0 aliphatic heterocycles. The maximum atomic E-state index is 11.5. The molecule has 0 aromatic heterocycles. The SMILES string of the molecule is CCN(C(=O)CC(=O)O)C1CCCC1. The first-order valence-electron chi connectivity index (χ1n) is 5.16. The number of rotatable bonds is 4. The average molecular weight is 199 g/mol. The predicted octanol–water partition coefficient (Wildman–Crippen LogP) is 1.25. The van der Waals surface area contributed by atoms with E-state index < -0.39 is 5.97 Å². The minimum atomic E-state index is -1.04. The molecule has 4 nitrogen and oxygen atoms in total. The third-order valence-electron chi connectivity index (χ3n) is 2.73. The van der Waals surface area contributed by atoms with Crippen molar-refractivity contribution < 1.29 is 14.7 Å². The summed E-state index contributed by atoms with van der Waals surface area (Å²) in [5, 5.41) is 8.52. The van der Waals surface area contributed by atoms with Gasteiger partial charge in [0.15, 0.2) is 0 Å². The number of carbonyl (C=O) groups is 2. The molecule has 0 heterocycles. The van der Waals surface area contributed by atoms with Crippen molar-refractivity contribution in [3.05, 3.63) is 0 Å². The molecule has 0 aromatic carbocycles. The molecule has 0 atom stereocenters. The normalized spacial score (nSPS) is 16.9. The van der Waals surface area contributed by atoms with Crippen LogP contribution in [0.3, 0.4) is 0 Å². The summed E-state index contributed by atoms with van der Waals surface area (Å²) in [6.45, 7) is 2.52. The van der Waals surface area contributed by atoms with Crippen LogP contribution in [0, 0.1) is 0 Å². The minimum Gasteiger partial charge on any atom is -0.481 e.